The van der Waals surface area contributed by atoms with Crippen molar-refractivity contribution in [3.05, 3.63) is 18.2 Å². The first kappa shape index (κ1) is 14.7. The van der Waals surface area contributed by atoms with Gasteiger partial charge in [-0.25, -0.2) is 13.1 Å². The van der Waals surface area contributed by atoms with Crippen molar-refractivity contribution in [3.63, 3.8) is 0 Å². The van der Waals surface area contributed by atoms with Crippen LogP contribution in [0.3, 0.4) is 0 Å². The van der Waals surface area contributed by atoms with E-state index in [1.54, 1.807) is 12.1 Å². The van der Waals surface area contributed by atoms with Crippen LogP contribution in [0.25, 0.3) is 0 Å². The van der Waals surface area contributed by atoms with Crippen molar-refractivity contribution in [2.45, 2.75) is 36.6 Å². The molecule has 2 fully saturated rings. The van der Waals surface area contributed by atoms with Gasteiger partial charge >= 0.3 is 0 Å². The summed E-state index contributed by atoms with van der Waals surface area (Å²) in [6, 6.07) is 4.77. The van der Waals surface area contributed by atoms with Gasteiger partial charge in [-0.3, -0.25) is 0 Å². The zero-order chi connectivity index (χ0) is 15.0. The first-order chi connectivity index (χ1) is 10.0. The standard InChI is InChI=1S/C15H21NO4S/c1-19-14-6-5-12(9-15(14)20-2)21(17,18)16-13-8-10-3-4-11(13)7-10/h5-6,9-11,13,16H,3-4,7-8H2,1-2H3/t10-,11-,13-/m0/s1. The van der Waals surface area contributed by atoms with Crippen LogP contribution in [-0.4, -0.2) is 28.7 Å². The molecule has 1 aromatic carbocycles. The minimum atomic E-state index is -3.51. The van der Waals surface area contributed by atoms with Gasteiger partial charge < -0.3 is 9.47 Å². The Balaban J connectivity index is 1.81. The summed E-state index contributed by atoms with van der Waals surface area (Å²) in [6.45, 7) is 0. The minimum Gasteiger partial charge on any atom is -0.493 e. The lowest BCUT2D eigenvalue weighted by atomic mass is 9.96. The van der Waals surface area contributed by atoms with Crippen molar-refractivity contribution in [2.24, 2.45) is 11.8 Å². The van der Waals surface area contributed by atoms with Crippen LogP contribution in [-0.2, 0) is 10.0 Å². The molecule has 2 bridgehead atoms. The summed E-state index contributed by atoms with van der Waals surface area (Å²) >= 11 is 0. The fourth-order valence-corrected chi connectivity index (χ4v) is 4.97. The number of ether oxygens (including phenoxy) is 2. The second-order valence-corrected chi connectivity index (χ2v) is 7.63. The van der Waals surface area contributed by atoms with E-state index in [1.807, 2.05) is 0 Å². The van der Waals surface area contributed by atoms with Crippen LogP contribution < -0.4 is 14.2 Å². The van der Waals surface area contributed by atoms with Crippen LogP contribution >= 0.6 is 0 Å². The van der Waals surface area contributed by atoms with E-state index in [1.165, 1.54) is 33.1 Å². The summed E-state index contributed by atoms with van der Waals surface area (Å²) in [6.07, 6.45) is 4.53. The molecule has 0 unspecified atom stereocenters. The number of nitrogens with one attached hydrogen (secondary N) is 1. The highest BCUT2D eigenvalue weighted by Gasteiger charge is 2.41. The van der Waals surface area contributed by atoms with E-state index in [2.05, 4.69) is 4.72 Å². The minimum absolute atomic E-state index is 0.0850. The van der Waals surface area contributed by atoms with Crippen molar-refractivity contribution < 1.29 is 17.9 Å². The quantitative estimate of drug-likeness (QED) is 0.905. The van der Waals surface area contributed by atoms with Gasteiger partial charge in [-0.2, -0.15) is 0 Å². The topological polar surface area (TPSA) is 64.6 Å². The SMILES string of the molecule is COc1ccc(S(=O)(=O)N[C@H]2C[C@H]3CC[C@H]2C3)cc1OC. The summed E-state index contributed by atoms with van der Waals surface area (Å²) in [5.41, 5.74) is 0. The molecule has 21 heavy (non-hydrogen) atoms. The second-order valence-electron chi connectivity index (χ2n) is 5.92. The van der Waals surface area contributed by atoms with Crippen molar-refractivity contribution in [3.8, 4) is 11.5 Å². The Morgan fingerprint density at radius 2 is 1.86 bits per heavy atom. The summed E-state index contributed by atoms with van der Waals surface area (Å²) in [5.74, 6) is 2.16. The average molecular weight is 311 g/mol. The van der Waals surface area contributed by atoms with Crippen LogP contribution in [0.15, 0.2) is 23.1 Å². The molecule has 2 aliphatic carbocycles. The molecule has 0 aliphatic heterocycles. The largest absolute Gasteiger partial charge is 0.493 e. The molecule has 116 valence electrons. The first-order valence-corrected chi connectivity index (χ1v) is 8.76. The molecule has 5 nitrogen and oxygen atoms in total. The number of hydrogen-bond acceptors (Lipinski definition) is 4. The fraction of sp³-hybridized carbons (Fsp3) is 0.600. The van der Waals surface area contributed by atoms with E-state index in [9.17, 15) is 8.42 Å². The molecule has 0 amide bonds. The van der Waals surface area contributed by atoms with Gasteiger partial charge in [-0.15, -0.1) is 0 Å². The molecule has 0 aromatic heterocycles. The predicted molar refractivity (Wildman–Crippen MR) is 79.1 cm³/mol. The van der Waals surface area contributed by atoms with Crippen molar-refractivity contribution in [2.75, 3.05) is 14.2 Å². The molecule has 2 saturated carbocycles. The Bertz CT molecular complexity index is 629. The van der Waals surface area contributed by atoms with E-state index in [0.717, 1.165) is 12.8 Å². The Morgan fingerprint density at radius 1 is 1.10 bits per heavy atom. The highest BCUT2D eigenvalue weighted by molar-refractivity contribution is 7.89. The van der Waals surface area contributed by atoms with Gasteiger partial charge in [0.05, 0.1) is 19.1 Å². The Labute approximate surface area is 125 Å². The molecule has 6 heteroatoms. The van der Waals surface area contributed by atoms with E-state index in [-0.39, 0.29) is 10.9 Å². The third kappa shape index (κ3) is 2.74. The summed E-state index contributed by atoms with van der Waals surface area (Å²) < 4.78 is 38.2. The molecule has 0 saturated heterocycles. The Kier molecular flexibility index (Phi) is 3.84. The van der Waals surface area contributed by atoms with Crippen LogP contribution in [0.5, 0.6) is 11.5 Å². The van der Waals surface area contributed by atoms with E-state index in [4.69, 9.17) is 9.47 Å². The average Bonchev–Trinajstić information content (AvgIpc) is 3.08. The van der Waals surface area contributed by atoms with Gasteiger partial charge in [0.15, 0.2) is 11.5 Å². The maximum atomic E-state index is 12.5. The van der Waals surface area contributed by atoms with Gasteiger partial charge in [0.2, 0.25) is 10.0 Å². The maximum Gasteiger partial charge on any atom is 0.240 e. The number of sulfonamides is 1. The van der Waals surface area contributed by atoms with Gasteiger partial charge in [-0.05, 0) is 43.2 Å². The molecule has 0 heterocycles. The van der Waals surface area contributed by atoms with Gasteiger partial charge in [0.25, 0.3) is 0 Å². The molecule has 0 radical (unpaired) electrons. The zero-order valence-corrected chi connectivity index (χ0v) is 13.2. The highest BCUT2D eigenvalue weighted by Crippen LogP contribution is 2.45. The van der Waals surface area contributed by atoms with E-state index < -0.39 is 10.0 Å². The zero-order valence-electron chi connectivity index (χ0n) is 12.3. The molecule has 1 N–H and O–H groups in total. The normalized spacial score (nSPS) is 27.8. The van der Waals surface area contributed by atoms with E-state index in [0.29, 0.717) is 23.3 Å². The van der Waals surface area contributed by atoms with E-state index >= 15 is 0 Å². The Morgan fingerprint density at radius 3 is 2.43 bits per heavy atom. The van der Waals surface area contributed by atoms with Crippen LogP contribution in [0, 0.1) is 11.8 Å². The molecule has 2 aliphatic rings. The maximum absolute atomic E-state index is 12.5. The van der Waals surface area contributed by atoms with Crippen molar-refractivity contribution in [1.82, 2.24) is 4.72 Å². The third-order valence-electron chi connectivity index (χ3n) is 4.71. The predicted octanol–water partition coefficient (Wildman–Crippen LogP) is 2.17. The molecule has 1 aromatic rings. The monoisotopic (exact) mass is 311 g/mol. The van der Waals surface area contributed by atoms with Crippen LogP contribution in [0.4, 0.5) is 0 Å². The highest BCUT2D eigenvalue weighted by atomic mass is 32.2. The molecule has 3 atom stereocenters. The Hall–Kier alpha value is -1.27. The van der Waals surface area contributed by atoms with Gasteiger partial charge in [0, 0.05) is 12.1 Å². The van der Waals surface area contributed by atoms with Crippen molar-refractivity contribution >= 4 is 10.0 Å². The number of fused-ring (bicyclic) bond motifs is 2. The lowest BCUT2D eigenvalue weighted by Gasteiger charge is -2.23. The van der Waals surface area contributed by atoms with Crippen LogP contribution in [0.1, 0.15) is 25.7 Å². The number of methoxy groups -OCH3 is 2. The van der Waals surface area contributed by atoms with Crippen molar-refractivity contribution in [1.29, 1.82) is 0 Å². The molecule has 3 rings (SSSR count). The lowest BCUT2D eigenvalue weighted by Crippen LogP contribution is -2.38. The summed E-state index contributed by atoms with van der Waals surface area (Å²) in [5, 5.41) is 0. The lowest BCUT2D eigenvalue weighted by molar-refractivity contribution is 0.353. The summed E-state index contributed by atoms with van der Waals surface area (Å²) in [4.78, 5) is 0.225. The van der Waals surface area contributed by atoms with Gasteiger partial charge in [-0.1, -0.05) is 6.42 Å². The smallest absolute Gasteiger partial charge is 0.240 e. The van der Waals surface area contributed by atoms with Crippen LogP contribution in [0.2, 0.25) is 0 Å². The first-order valence-electron chi connectivity index (χ1n) is 7.28. The molecular weight excluding hydrogens is 290 g/mol. The number of benzene rings is 1. The third-order valence-corrected chi connectivity index (χ3v) is 6.20. The number of hydrogen-bond donors (Lipinski definition) is 1. The second kappa shape index (κ2) is 5.50. The molecule has 0 spiro atoms. The fourth-order valence-electron chi connectivity index (χ4n) is 3.64. The van der Waals surface area contributed by atoms with Gasteiger partial charge in [0.1, 0.15) is 0 Å². The summed E-state index contributed by atoms with van der Waals surface area (Å²) in [7, 11) is -0.484. The molecular formula is C15H21NO4S. The number of rotatable bonds is 5.